The molecule has 1 fully saturated rings. The third-order valence-corrected chi connectivity index (χ3v) is 6.30. The van der Waals surface area contributed by atoms with Crippen LogP contribution in [0.2, 0.25) is 0 Å². The van der Waals surface area contributed by atoms with Crippen LogP contribution in [-0.2, 0) is 24.6 Å². The van der Waals surface area contributed by atoms with Crippen molar-refractivity contribution < 1.29 is 4.74 Å². The lowest BCUT2D eigenvalue weighted by atomic mass is 9.96. The number of hydrogen-bond acceptors (Lipinski definition) is 4. The van der Waals surface area contributed by atoms with Gasteiger partial charge in [0.25, 0.3) is 0 Å². The third kappa shape index (κ3) is 2.94. The summed E-state index contributed by atoms with van der Waals surface area (Å²) < 4.78 is 7.76. The van der Waals surface area contributed by atoms with Crippen LogP contribution < -0.4 is 9.80 Å². The minimum atomic E-state index is 0.812. The van der Waals surface area contributed by atoms with E-state index >= 15 is 0 Å². The molecule has 0 saturated carbocycles. The molecule has 146 valence electrons. The lowest BCUT2D eigenvalue weighted by molar-refractivity contribution is 0.122. The van der Waals surface area contributed by atoms with Crippen molar-refractivity contribution in [3.05, 3.63) is 47.7 Å². The summed E-state index contributed by atoms with van der Waals surface area (Å²) in [7, 11) is 4.27. The first-order valence-electron chi connectivity index (χ1n) is 10.4. The Balaban J connectivity index is 1.43. The number of benzene rings is 1. The zero-order valence-electron chi connectivity index (χ0n) is 16.8. The predicted molar refractivity (Wildman–Crippen MR) is 115 cm³/mol. The number of anilines is 3. The van der Waals surface area contributed by atoms with Crippen molar-refractivity contribution in [3.8, 4) is 0 Å². The van der Waals surface area contributed by atoms with Gasteiger partial charge in [-0.2, -0.15) is 0 Å². The Morgan fingerprint density at radius 3 is 2.50 bits per heavy atom. The molecule has 0 bridgehead atoms. The monoisotopic (exact) mass is 376 g/mol. The minimum Gasteiger partial charge on any atom is -0.378 e. The quantitative estimate of drug-likeness (QED) is 0.690. The predicted octanol–water partition coefficient (Wildman–Crippen LogP) is 4.06. The molecule has 5 nitrogen and oxygen atoms in total. The first kappa shape index (κ1) is 17.6. The molecule has 0 spiro atoms. The highest BCUT2D eigenvalue weighted by atomic mass is 16.5. The number of fused-ring (bicyclic) bond motifs is 3. The van der Waals surface area contributed by atoms with Gasteiger partial charge in [0.15, 0.2) is 0 Å². The summed E-state index contributed by atoms with van der Waals surface area (Å²) in [6.07, 6.45) is 4.95. The fraction of sp³-hybridized carbons (Fsp3) is 0.435. The van der Waals surface area contributed by atoms with Crippen molar-refractivity contribution in [2.45, 2.75) is 25.7 Å². The summed E-state index contributed by atoms with van der Waals surface area (Å²) in [5.74, 6) is 0.990. The molecule has 0 N–H and O–H groups in total. The van der Waals surface area contributed by atoms with E-state index in [4.69, 9.17) is 9.72 Å². The zero-order chi connectivity index (χ0) is 19.1. The second-order valence-corrected chi connectivity index (χ2v) is 7.91. The average Bonchev–Trinajstić information content (AvgIpc) is 3.06. The average molecular weight is 377 g/mol. The molecular weight excluding hydrogens is 348 g/mol. The largest absolute Gasteiger partial charge is 0.378 e. The summed E-state index contributed by atoms with van der Waals surface area (Å²) in [5.41, 5.74) is 6.52. The fourth-order valence-electron chi connectivity index (χ4n) is 4.63. The van der Waals surface area contributed by atoms with Gasteiger partial charge in [-0.3, -0.25) is 0 Å². The molecule has 0 amide bonds. The van der Waals surface area contributed by atoms with Gasteiger partial charge in [0, 0.05) is 49.6 Å². The Hall–Kier alpha value is -2.53. The van der Waals surface area contributed by atoms with Gasteiger partial charge in [-0.25, -0.2) is 4.98 Å². The van der Waals surface area contributed by atoms with E-state index in [1.54, 1.807) is 0 Å². The standard InChI is InChI=1S/C23H28N4O/c1-25(17-7-9-18(10-8-17)27-13-15-28-16-14-27)22-12-11-20-19-5-3-4-6-21(19)26(2)23(20)24-22/h7-12H,3-6,13-16H2,1-2H3. The van der Waals surface area contributed by atoms with Crippen molar-refractivity contribution in [2.24, 2.45) is 7.05 Å². The zero-order valence-corrected chi connectivity index (χ0v) is 16.8. The van der Waals surface area contributed by atoms with Crippen molar-refractivity contribution in [1.29, 1.82) is 0 Å². The van der Waals surface area contributed by atoms with E-state index in [-0.39, 0.29) is 0 Å². The van der Waals surface area contributed by atoms with Gasteiger partial charge >= 0.3 is 0 Å². The first-order chi connectivity index (χ1) is 13.7. The van der Waals surface area contributed by atoms with Gasteiger partial charge in [0.05, 0.1) is 13.2 Å². The van der Waals surface area contributed by atoms with Crippen molar-refractivity contribution in [1.82, 2.24) is 9.55 Å². The molecular formula is C23H28N4O. The second kappa shape index (κ2) is 7.13. The molecule has 5 rings (SSSR count). The summed E-state index contributed by atoms with van der Waals surface area (Å²) in [4.78, 5) is 9.59. The molecule has 3 heterocycles. The molecule has 5 heteroatoms. The number of aromatic nitrogens is 2. The van der Waals surface area contributed by atoms with Gasteiger partial charge < -0.3 is 19.1 Å². The van der Waals surface area contributed by atoms with Crippen LogP contribution in [0.3, 0.4) is 0 Å². The number of rotatable bonds is 3. The molecule has 3 aromatic rings. The van der Waals surface area contributed by atoms with Crippen molar-refractivity contribution in [2.75, 3.05) is 43.2 Å². The van der Waals surface area contributed by atoms with Crippen LogP contribution in [0.4, 0.5) is 17.2 Å². The van der Waals surface area contributed by atoms with Crippen LogP contribution in [0, 0.1) is 0 Å². The summed E-state index contributed by atoms with van der Waals surface area (Å²) in [6.45, 7) is 3.55. The number of ether oxygens (including phenoxy) is 1. The van der Waals surface area contributed by atoms with Crippen molar-refractivity contribution >= 4 is 28.2 Å². The smallest absolute Gasteiger partial charge is 0.142 e. The Kier molecular flexibility index (Phi) is 4.47. The van der Waals surface area contributed by atoms with E-state index in [9.17, 15) is 0 Å². The van der Waals surface area contributed by atoms with Crippen LogP contribution in [-0.4, -0.2) is 42.9 Å². The van der Waals surface area contributed by atoms with E-state index in [2.05, 4.69) is 64.9 Å². The van der Waals surface area contributed by atoms with Crippen LogP contribution in [0.25, 0.3) is 11.0 Å². The van der Waals surface area contributed by atoms with Crippen LogP contribution >= 0.6 is 0 Å². The lowest BCUT2D eigenvalue weighted by Crippen LogP contribution is -2.36. The fourth-order valence-corrected chi connectivity index (χ4v) is 4.63. The second-order valence-electron chi connectivity index (χ2n) is 7.91. The number of pyridine rings is 1. The maximum atomic E-state index is 5.46. The number of hydrogen-bond donors (Lipinski definition) is 0. The van der Waals surface area contributed by atoms with E-state index in [1.165, 1.54) is 48.0 Å². The minimum absolute atomic E-state index is 0.812. The highest BCUT2D eigenvalue weighted by Gasteiger charge is 2.20. The number of nitrogens with zero attached hydrogens (tertiary/aromatic N) is 4. The van der Waals surface area contributed by atoms with Gasteiger partial charge in [-0.1, -0.05) is 0 Å². The van der Waals surface area contributed by atoms with Crippen LogP contribution in [0.5, 0.6) is 0 Å². The topological polar surface area (TPSA) is 33.5 Å². The first-order valence-corrected chi connectivity index (χ1v) is 10.4. The van der Waals surface area contributed by atoms with E-state index in [0.29, 0.717) is 0 Å². The Labute approximate surface area is 166 Å². The molecule has 0 radical (unpaired) electrons. The summed E-state index contributed by atoms with van der Waals surface area (Å²) in [6, 6.07) is 13.2. The summed E-state index contributed by atoms with van der Waals surface area (Å²) in [5, 5.41) is 1.33. The molecule has 0 atom stereocenters. The Morgan fingerprint density at radius 2 is 1.71 bits per heavy atom. The highest BCUT2D eigenvalue weighted by molar-refractivity contribution is 5.84. The highest BCUT2D eigenvalue weighted by Crippen LogP contribution is 2.33. The molecule has 0 unspecified atom stereocenters. The Morgan fingerprint density at radius 1 is 0.964 bits per heavy atom. The van der Waals surface area contributed by atoms with E-state index in [1.807, 2.05) is 0 Å². The normalized spacial score (nSPS) is 17.0. The molecule has 1 aromatic carbocycles. The summed E-state index contributed by atoms with van der Waals surface area (Å²) >= 11 is 0. The number of aryl methyl sites for hydroxylation is 2. The molecule has 1 saturated heterocycles. The van der Waals surface area contributed by atoms with Gasteiger partial charge in [0.2, 0.25) is 0 Å². The van der Waals surface area contributed by atoms with E-state index in [0.717, 1.165) is 43.5 Å². The lowest BCUT2D eigenvalue weighted by Gasteiger charge is -2.29. The molecule has 28 heavy (non-hydrogen) atoms. The SMILES string of the molecule is CN(c1ccc(N2CCOCC2)cc1)c1ccc2c3c(n(C)c2n1)CCCC3. The van der Waals surface area contributed by atoms with Crippen molar-refractivity contribution in [3.63, 3.8) is 0 Å². The maximum Gasteiger partial charge on any atom is 0.142 e. The van der Waals surface area contributed by atoms with Gasteiger partial charge in [0.1, 0.15) is 11.5 Å². The Bertz CT molecular complexity index is 986. The van der Waals surface area contributed by atoms with Gasteiger partial charge in [-0.05, 0) is 67.6 Å². The van der Waals surface area contributed by atoms with Crippen LogP contribution in [0.15, 0.2) is 36.4 Å². The number of morpholine rings is 1. The molecule has 2 aromatic heterocycles. The third-order valence-electron chi connectivity index (χ3n) is 6.30. The molecule has 2 aliphatic rings. The molecule has 1 aliphatic heterocycles. The van der Waals surface area contributed by atoms with Gasteiger partial charge in [-0.15, -0.1) is 0 Å². The molecule has 1 aliphatic carbocycles. The maximum absolute atomic E-state index is 5.46. The van der Waals surface area contributed by atoms with Crippen LogP contribution in [0.1, 0.15) is 24.1 Å². The van der Waals surface area contributed by atoms with E-state index < -0.39 is 0 Å².